The van der Waals surface area contributed by atoms with Crippen molar-refractivity contribution in [3.05, 3.63) is 94.8 Å². The summed E-state index contributed by atoms with van der Waals surface area (Å²) in [6.07, 6.45) is 1.93. The van der Waals surface area contributed by atoms with Crippen molar-refractivity contribution in [2.24, 2.45) is 0 Å². The minimum atomic E-state index is -4.72. The number of alkyl halides is 3. The van der Waals surface area contributed by atoms with Crippen molar-refractivity contribution in [3.8, 4) is 22.9 Å². The van der Waals surface area contributed by atoms with Gasteiger partial charge in [-0.25, -0.2) is 14.4 Å². The summed E-state index contributed by atoms with van der Waals surface area (Å²) in [4.78, 5) is 24.8. The number of benzene rings is 1. The molecular weight excluding hydrogens is 528 g/mol. The molecule has 1 aliphatic carbocycles. The summed E-state index contributed by atoms with van der Waals surface area (Å²) >= 11 is 0. The minimum absolute atomic E-state index is 0.0849. The molecule has 1 aliphatic rings. The Kier molecular flexibility index (Phi) is 7.20. The molecule has 0 aliphatic heterocycles. The second kappa shape index (κ2) is 10.8. The number of hydrogen-bond donors (Lipinski definition) is 1. The lowest BCUT2D eigenvalue weighted by Gasteiger charge is -2.13. The third kappa shape index (κ3) is 5.63. The summed E-state index contributed by atoms with van der Waals surface area (Å²) in [5, 5.41) is 2.33. The summed E-state index contributed by atoms with van der Waals surface area (Å²) in [6, 6.07) is 10.8. The van der Waals surface area contributed by atoms with Gasteiger partial charge in [-0.05, 0) is 58.2 Å². The normalized spacial score (nSPS) is 12.5. The van der Waals surface area contributed by atoms with E-state index in [1.54, 1.807) is 25.6 Å². The second-order valence-corrected chi connectivity index (χ2v) is 9.00. The zero-order chi connectivity index (χ0) is 28.4. The minimum Gasteiger partial charge on any atom is -0.481 e. The molecule has 0 spiro atoms. The van der Waals surface area contributed by atoms with Crippen LogP contribution in [0.4, 0.5) is 23.2 Å². The highest BCUT2D eigenvalue weighted by Crippen LogP contribution is 2.37. The van der Waals surface area contributed by atoms with E-state index >= 15 is 0 Å². The van der Waals surface area contributed by atoms with Crippen molar-refractivity contribution in [2.45, 2.75) is 19.0 Å². The maximum Gasteiger partial charge on any atom is 0.421 e. The van der Waals surface area contributed by atoms with Gasteiger partial charge in [-0.3, -0.25) is 9.78 Å². The molecule has 1 aromatic carbocycles. The number of carbonyl (C=O) groups excluding carboxylic acids is 1. The van der Waals surface area contributed by atoms with Crippen LogP contribution in [-0.2, 0) is 23.8 Å². The SMILES string of the molecule is COc1cc(C2=Cc3cc(-c4ccc(CC(=O)Nc5cnc(OC)c(C(F)(F)F)c5)c(F)c4)cnc3C2)ccn1. The van der Waals surface area contributed by atoms with E-state index < -0.39 is 29.3 Å². The van der Waals surface area contributed by atoms with E-state index in [9.17, 15) is 22.4 Å². The Bertz CT molecular complexity index is 1640. The molecule has 40 heavy (non-hydrogen) atoms. The van der Waals surface area contributed by atoms with Crippen LogP contribution in [0.25, 0.3) is 22.8 Å². The maximum atomic E-state index is 15.0. The molecule has 3 aromatic heterocycles. The highest BCUT2D eigenvalue weighted by atomic mass is 19.4. The van der Waals surface area contributed by atoms with E-state index in [-0.39, 0.29) is 17.7 Å². The van der Waals surface area contributed by atoms with E-state index in [1.807, 2.05) is 24.3 Å². The Balaban J connectivity index is 1.30. The third-order valence-electron chi connectivity index (χ3n) is 6.38. The molecule has 1 N–H and O–H groups in total. The van der Waals surface area contributed by atoms with Gasteiger partial charge in [0.05, 0.1) is 38.2 Å². The molecule has 0 saturated carbocycles. The lowest BCUT2D eigenvalue weighted by atomic mass is 10.0. The van der Waals surface area contributed by atoms with Gasteiger partial charge in [-0.15, -0.1) is 0 Å². The molecule has 0 radical (unpaired) electrons. The fourth-order valence-corrected chi connectivity index (χ4v) is 4.40. The summed E-state index contributed by atoms with van der Waals surface area (Å²) in [5.41, 5.74) is 3.87. The van der Waals surface area contributed by atoms with Crippen molar-refractivity contribution < 1.29 is 31.8 Å². The molecule has 1 amide bonds. The van der Waals surface area contributed by atoms with Crippen LogP contribution in [0.15, 0.2) is 61.1 Å². The van der Waals surface area contributed by atoms with Gasteiger partial charge in [0.25, 0.3) is 0 Å². The van der Waals surface area contributed by atoms with Crippen LogP contribution in [0.1, 0.15) is 27.9 Å². The average Bonchev–Trinajstić information content (AvgIpc) is 3.37. The van der Waals surface area contributed by atoms with Crippen LogP contribution in [-0.4, -0.2) is 35.1 Å². The molecule has 204 valence electrons. The molecular formula is C29H22F4N4O3. The highest BCUT2D eigenvalue weighted by molar-refractivity contribution is 5.92. The number of fused-ring (bicyclic) bond motifs is 1. The van der Waals surface area contributed by atoms with Crippen molar-refractivity contribution in [2.75, 3.05) is 19.5 Å². The van der Waals surface area contributed by atoms with Crippen LogP contribution < -0.4 is 14.8 Å². The van der Waals surface area contributed by atoms with Crippen LogP contribution >= 0.6 is 0 Å². The van der Waals surface area contributed by atoms with E-state index in [0.717, 1.165) is 41.8 Å². The average molecular weight is 551 g/mol. The number of ether oxygens (including phenoxy) is 2. The van der Waals surface area contributed by atoms with Crippen molar-refractivity contribution in [3.63, 3.8) is 0 Å². The summed E-state index contributed by atoms with van der Waals surface area (Å²) in [6.45, 7) is 0. The number of anilines is 1. The van der Waals surface area contributed by atoms with Crippen LogP contribution in [0.5, 0.6) is 11.8 Å². The molecule has 0 atom stereocenters. The first kappa shape index (κ1) is 26.8. The van der Waals surface area contributed by atoms with Crippen LogP contribution in [0.2, 0.25) is 0 Å². The van der Waals surface area contributed by atoms with Gasteiger partial charge < -0.3 is 14.8 Å². The van der Waals surface area contributed by atoms with Crippen LogP contribution in [0.3, 0.4) is 0 Å². The number of amides is 1. The Morgan fingerprint density at radius 3 is 2.50 bits per heavy atom. The topological polar surface area (TPSA) is 86.2 Å². The molecule has 5 rings (SSSR count). The molecule has 0 saturated heterocycles. The molecule has 0 unspecified atom stereocenters. The maximum absolute atomic E-state index is 15.0. The molecule has 7 nitrogen and oxygen atoms in total. The number of nitrogens with one attached hydrogen (secondary N) is 1. The number of carbonyl (C=O) groups is 1. The lowest BCUT2D eigenvalue weighted by Crippen LogP contribution is -2.17. The Morgan fingerprint density at radius 2 is 1.77 bits per heavy atom. The largest absolute Gasteiger partial charge is 0.481 e. The predicted molar refractivity (Wildman–Crippen MR) is 140 cm³/mol. The van der Waals surface area contributed by atoms with E-state index in [0.29, 0.717) is 23.4 Å². The number of pyridine rings is 3. The first-order chi connectivity index (χ1) is 19.1. The lowest BCUT2D eigenvalue weighted by molar-refractivity contribution is -0.139. The van der Waals surface area contributed by atoms with E-state index in [2.05, 4.69) is 25.0 Å². The fraction of sp³-hybridized carbons (Fsp3) is 0.172. The standard InChI is InChI=1S/C29H22F4N4O3/c1-39-27-12-17(5-6-34-27)19-7-20-8-21(14-35-25(20)10-19)16-3-4-18(24(30)9-16)11-26(38)37-22-13-23(29(31,32)33)28(40-2)36-15-22/h3-9,12-15H,10-11H2,1-2H3,(H,37,38). The molecule has 0 fully saturated rings. The highest BCUT2D eigenvalue weighted by Gasteiger charge is 2.35. The van der Waals surface area contributed by atoms with E-state index in [4.69, 9.17) is 4.74 Å². The van der Waals surface area contributed by atoms with Gasteiger partial charge in [0.2, 0.25) is 17.7 Å². The molecule has 4 aromatic rings. The summed E-state index contributed by atoms with van der Waals surface area (Å²) in [5.74, 6) is -1.43. The molecule has 3 heterocycles. The zero-order valence-corrected chi connectivity index (χ0v) is 21.3. The predicted octanol–water partition coefficient (Wildman–Crippen LogP) is 5.99. The van der Waals surface area contributed by atoms with E-state index in [1.165, 1.54) is 12.1 Å². The Morgan fingerprint density at radius 1 is 0.950 bits per heavy atom. The van der Waals surface area contributed by atoms with Gasteiger partial charge in [0.1, 0.15) is 11.4 Å². The van der Waals surface area contributed by atoms with Crippen molar-refractivity contribution >= 4 is 23.2 Å². The first-order valence-corrected chi connectivity index (χ1v) is 12.0. The fourth-order valence-electron chi connectivity index (χ4n) is 4.40. The summed E-state index contributed by atoms with van der Waals surface area (Å²) in [7, 11) is 2.62. The van der Waals surface area contributed by atoms with Crippen molar-refractivity contribution in [1.29, 1.82) is 0 Å². The number of halogens is 4. The number of methoxy groups -OCH3 is 2. The number of rotatable bonds is 7. The zero-order valence-electron chi connectivity index (χ0n) is 21.3. The monoisotopic (exact) mass is 550 g/mol. The van der Waals surface area contributed by atoms with Crippen LogP contribution in [0, 0.1) is 5.82 Å². The van der Waals surface area contributed by atoms with Crippen molar-refractivity contribution in [1.82, 2.24) is 15.0 Å². The number of aromatic nitrogens is 3. The number of allylic oxidation sites excluding steroid dienone is 1. The molecule has 11 heteroatoms. The second-order valence-electron chi connectivity index (χ2n) is 9.00. The van der Waals surface area contributed by atoms with Gasteiger partial charge in [-0.2, -0.15) is 13.2 Å². The Hall–Kier alpha value is -4.80. The number of nitrogens with zero attached hydrogens (tertiary/aromatic N) is 3. The van der Waals surface area contributed by atoms with Gasteiger partial charge in [0.15, 0.2) is 0 Å². The quantitative estimate of drug-likeness (QED) is 0.285. The molecule has 0 bridgehead atoms. The number of hydrogen-bond acceptors (Lipinski definition) is 6. The van der Waals surface area contributed by atoms with Gasteiger partial charge in [0, 0.05) is 30.4 Å². The Labute approximate surface area is 226 Å². The summed E-state index contributed by atoms with van der Waals surface area (Å²) < 4.78 is 64.5. The van der Waals surface area contributed by atoms with Gasteiger partial charge in [-0.1, -0.05) is 12.1 Å². The third-order valence-corrected chi connectivity index (χ3v) is 6.38. The van der Waals surface area contributed by atoms with Gasteiger partial charge >= 0.3 is 6.18 Å². The first-order valence-electron chi connectivity index (χ1n) is 12.0. The smallest absolute Gasteiger partial charge is 0.421 e.